The Morgan fingerprint density at radius 3 is 2.50 bits per heavy atom. The average molecular weight is 300 g/mol. The highest BCUT2D eigenvalue weighted by Gasteiger charge is 2.27. The van der Waals surface area contributed by atoms with Crippen LogP contribution in [0.4, 0.5) is 5.69 Å². The molecule has 6 nitrogen and oxygen atoms in total. The molecule has 1 aliphatic carbocycles. The Hall–Kier alpha value is -1.66. The summed E-state index contributed by atoms with van der Waals surface area (Å²) in [5.41, 5.74) is 6.67. The van der Waals surface area contributed by atoms with Crippen molar-refractivity contribution in [2.75, 3.05) is 0 Å². The molecule has 2 rings (SSSR count). The number of nitrogens with zero attached hydrogens (tertiary/aromatic N) is 1. The van der Waals surface area contributed by atoms with Crippen molar-refractivity contribution in [2.45, 2.75) is 31.8 Å². The standard InChI is InChI=1S/C13H17N3O3.ClH/c14-11-4-3-10(7-11)13(17)15-8-9-1-5-12(6-2-9)16(18)19;/h1-2,5-6,10-11H,3-4,7-8,14H2,(H,15,17);1H. The number of nitro benzene ring substituents is 1. The van der Waals surface area contributed by atoms with Crippen LogP contribution in [-0.2, 0) is 11.3 Å². The number of nitrogens with one attached hydrogen (secondary N) is 1. The fourth-order valence-electron chi connectivity index (χ4n) is 2.32. The fraction of sp³-hybridized carbons (Fsp3) is 0.462. The molecule has 2 atom stereocenters. The van der Waals surface area contributed by atoms with Crippen molar-refractivity contribution in [3.8, 4) is 0 Å². The van der Waals surface area contributed by atoms with E-state index in [0.29, 0.717) is 6.54 Å². The van der Waals surface area contributed by atoms with Crippen molar-refractivity contribution in [2.24, 2.45) is 11.7 Å². The zero-order valence-electron chi connectivity index (χ0n) is 11.0. The molecule has 0 aliphatic heterocycles. The Labute approximate surface area is 123 Å². The Morgan fingerprint density at radius 2 is 2.00 bits per heavy atom. The van der Waals surface area contributed by atoms with E-state index >= 15 is 0 Å². The second-order valence-electron chi connectivity index (χ2n) is 4.91. The summed E-state index contributed by atoms with van der Waals surface area (Å²) in [5.74, 6) is 0.0272. The van der Waals surface area contributed by atoms with E-state index in [9.17, 15) is 14.9 Å². The van der Waals surface area contributed by atoms with Crippen molar-refractivity contribution in [1.82, 2.24) is 5.32 Å². The molecule has 0 saturated heterocycles. The summed E-state index contributed by atoms with van der Waals surface area (Å²) in [7, 11) is 0. The molecule has 1 aromatic carbocycles. The lowest BCUT2D eigenvalue weighted by Crippen LogP contribution is -2.29. The van der Waals surface area contributed by atoms with Gasteiger partial charge in [0.15, 0.2) is 0 Å². The van der Waals surface area contributed by atoms with Gasteiger partial charge in [0.1, 0.15) is 0 Å². The summed E-state index contributed by atoms with van der Waals surface area (Å²) in [5, 5.41) is 13.4. The molecule has 0 spiro atoms. The maximum Gasteiger partial charge on any atom is 0.269 e. The van der Waals surface area contributed by atoms with E-state index in [1.165, 1.54) is 12.1 Å². The summed E-state index contributed by atoms with van der Waals surface area (Å²) in [6.45, 7) is 0.391. The van der Waals surface area contributed by atoms with Crippen LogP contribution in [0, 0.1) is 16.0 Å². The number of benzene rings is 1. The molecule has 1 amide bonds. The van der Waals surface area contributed by atoms with Gasteiger partial charge in [0.2, 0.25) is 5.91 Å². The summed E-state index contributed by atoms with van der Waals surface area (Å²) in [6, 6.07) is 6.31. The van der Waals surface area contributed by atoms with Gasteiger partial charge in [-0.15, -0.1) is 12.4 Å². The molecule has 1 saturated carbocycles. The first kappa shape index (κ1) is 16.4. The predicted molar refractivity (Wildman–Crippen MR) is 77.5 cm³/mol. The smallest absolute Gasteiger partial charge is 0.269 e. The lowest BCUT2D eigenvalue weighted by atomic mass is 10.1. The first-order valence-electron chi connectivity index (χ1n) is 6.33. The summed E-state index contributed by atoms with van der Waals surface area (Å²) in [6.07, 6.45) is 2.48. The molecule has 7 heteroatoms. The minimum atomic E-state index is -0.442. The van der Waals surface area contributed by atoms with Crippen LogP contribution >= 0.6 is 12.4 Å². The van der Waals surface area contributed by atoms with Gasteiger partial charge in [0.05, 0.1) is 4.92 Å². The number of hydrogen-bond acceptors (Lipinski definition) is 4. The number of hydrogen-bond donors (Lipinski definition) is 2. The molecular formula is C13H18ClN3O3. The van der Waals surface area contributed by atoms with Gasteiger partial charge in [-0.1, -0.05) is 12.1 Å². The van der Waals surface area contributed by atoms with E-state index in [-0.39, 0.29) is 36.0 Å². The van der Waals surface area contributed by atoms with Crippen molar-refractivity contribution in [3.05, 3.63) is 39.9 Å². The third-order valence-corrected chi connectivity index (χ3v) is 3.46. The first-order chi connectivity index (χ1) is 9.06. The number of non-ortho nitro benzene ring substituents is 1. The van der Waals surface area contributed by atoms with Crippen LogP contribution in [0.15, 0.2) is 24.3 Å². The molecule has 20 heavy (non-hydrogen) atoms. The number of rotatable bonds is 4. The van der Waals surface area contributed by atoms with Gasteiger partial charge < -0.3 is 11.1 Å². The topological polar surface area (TPSA) is 98.3 Å². The van der Waals surface area contributed by atoms with E-state index in [4.69, 9.17) is 5.73 Å². The third kappa shape index (κ3) is 4.18. The normalized spacial score (nSPS) is 21.1. The Kier molecular flexibility index (Phi) is 5.91. The molecule has 0 aromatic heterocycles. The summed E-state index contributed by atoms with van der Waals surface area (Å²) in [4.78, 5) is 21.9. The highest BCUT2D eigenvalue weighted by atomic mass is 35.5. The van der Waals surface area contributed by atoms with Gasteiger partial charge >= 0.3 is 0 Å². The molecule has 0 radical (unpaired) electrons. The van der Waals surface area contributed by atoms with E-state index in [0.717, 1.165) is 24.8 Å². The molecular weight excluding hydrogens is 282 g/mol. The fourth-order valence-corrected chi connectivity index (χ4v) is 2.32. The minimum Gasteiger partial charge on any atom is -0.352 e. The Bertz CT molecular complexity index is 478. The monoisotopic (exact) mass is 299 g/mol. The molecule has 2 unspecified atom stereocenters. The zero-order chi connectivity index (χ0) is 13.8. The first-order valence-corrected chi connectivity index (χ1v) is 6.33. The van der Waals surface area contributed by atoms with Gasteiger partial charge in [-0.3, -0.25) is 14.9 Å². The molecule has 1 aromatic rings. The van der Waals surface area contributed by atoms with Gasteiger partial charge in [0.25, 0.3) is 5.69 Å². The van der Waals surface area contributed by atoms with E-state index in [1.807, 2.05) is 0 Å². The summed E-state index contributed by atoms with van der Waals surface area (Å²) >= 11 is 0. The highest BCUT2D eigenvalue weighted by Crippen LogP contribution is 2.24. The molecule has 1 fully saturated rings. The number of halogens is 1. The van der Waals surface area contributed by atoms with Crippen molar-refractivity contribution in [1.29, 1.82) is 0 Å². The van der Waals surface area contributed by atoms with Gasteiger partial charge in [-0.25, -0.2) is 0 Å². The van der Waals surface area contributed by atoms with Gasteiger partial charge in [-0.2, -0.15) is 0 Å². The SMILES string of the molecule is Cl.NC1CCC(C(=O)NCc2ccc([N+](=O)[O-])cc2)C1. The van der Waals surface area contributed by atoms with Crippen LogP contribution in [0.1, 0.15) is 24.8 Å². The van der Waals surface area contributed by atoms with Crippen molar-refractivity contribution in [3.63, 3.8) is 0 Å². The zero-order valence-corrected chi connectivity index (χ0v) is 11.8. The van der Waals surface area contributed by atoms with E-state index < -0.39 is 4.92 Å². The van der Waals surface area contributed by atoms with Crippen molar-refractivity contribution < 1.29 is 9.72 Å². The van der Waals surface area contributed by atoms with E-state index in [1.54, 1.807) is 12.1 Å². The lowest BCUT2D eigenvalue weighted by molar-refractivity contribution is -0.384. The Morgan fingerprint density at radius 1 is 1.35 bits per heavy atom. The second-order valence-corrected chi connectivity index (χ2v) is 4.91. The number of amides is 1. The van der Waals surface area contributed by atoms with Crippen LogP contribution in [0.2, 0.25) is 0 Å². The van der Waals surface area contributed by atoms with Crippen LogP contribution in [0.3, 0.4) is 0 Å². The van der Waals surface area contributed by atoms with Gasteiger partial charge in [-0.05, 0) is 24.8 Å². The predicted octanol–water partition coefficient (Wildman–Crippen LogP) is 1.76. The van der Waals surface area contributed by atoms with Crippen LogP contribution in [0.5, 0.6) is 0 Å². The maximum atomic E-state index is 11.9. The molecule has 1 aliphatic rings. The number of carbonyl (C=O) groups is 1. The molecule has 0 bridgehead atoms. The largest absolute Gasteiger partial charge is 0.352 e. The quantitative estimate of drug-likeness (QED) is 0.653. The minimum absolute atomic E-state index is 0. The van der Waals surface area contributed by atoms with Crippen LogP contribution in [0.25, 0.3) is 0 Å². The van der Waals surface area contributed by atoms with Gasteiger partial charge in [0, 0.05) is 30.6 Å². The number of nitrogens with two attached hydrogens (primary N) is 1. The summed E-state index contributed by atoms with van der Waals surface area (Å²) < 4.78 is 0. The number of carbonyl (C=O) groups excluding carboxylic acids is 1. The lowest BCUT2D eigenvalue weighted by Gasteiger charge is -2.10. The van der Waals surface area contributed by atoms with Crippen LogP contribution < -0.4 is 11.1 Å². The molecule has 110 valence electrons. The van der Waals surface area contributed by atoms with E-state index in [2.05, 4.69) is 5.32 Å². The molecule has 0 heterocycles. The van der Waals surface area contributed by atoms with Crippen molar-refractivity contribution >= 4 is 24.0 Å². The average Bonchev–Trinajstić information content (AvgIpc) is 2.83. The van der Waals surface area contributed by atoms with Crippen LogP contribution in [-0.4, -0.2) is 16.9 Å². The highest BCUT2D eigenvalue weighted by molar-refractivity contribution is 5.85. The maximum absolute atomic E-state index is 11.9. The molecule has 3 N–H and O–H groups in total. The second kappa shape index (κ2) is 7.21. The third-order valence-electron chi connectivity index (χ3n) is 3.46. The number of nitro groups is 1. The Balaban J connectivity index is 0.00000200.